The molecule has 0 aliphatic heterocycles. The maximum atomic E-state index is 11.6. The number of ether oxygens (including phenoxy) is 1. The van der Waals surface area contributed by atoms with Crippen LogP contribution in [-0.4, -0.2) is 22.5 Å². The van der Waals surface area contributed by atoms with E-state index in [4.69, 9.17) is 4.74 Å². The first-order valence-electron chi connectivity index (χ1n) is 5.00. The van der Waals surface area contributed by atoms with Crippen molar-refractivity contribution in [1.82, 2.24) is 9.97 Å². The van der Waals surface area contributed by atoms with Crippen molar-refractivity contribution in [1.29, 1.82) is 0 Å². The first-order valence-corrected chi connectivity index (χ1v) is 5.81. The third kappa shape index (κ3) is 1.99. The van der Waals surface area contributed by atoms with E-state index < -0.39 is 0 Å². The lowest BCUT2D eigenvalue weighted by molar-refractivity contribution is 0.0531. The van der Waals surface area contributed by atoms with Crippen molar-refractivity contribution in [2.45, 2.75) is 13.8 Å². The topological polar surface area (TPSA) is 55.0 Å². The van der Waals surface area contributed by atoms with Crippen molar-refractivity contribution in [3.63, 3.8) is 0 Å². The minimum Gasteiger partial charge on any atom is -0.462 e. The van der Waals surface area contributed by atoms with Crippen molar-refractivity contribution in [2.75, 3.05) is 6.61 Å². The molecule has 0 aliphatic carbocycles. The number of aromatic nitrogens is 2. The molecule has 84 valence electrons. The van der Waals surface area contributed by atoms with Crippen LogP contribution in [-0.2, 0) is 4.74 Å². The number of carbonyl (C=O) groups is 1. The van der Waals surface area contributed by atoms with Gasteiger partial charge in [-0.15, -0.1) is 11.3 Å². The Morgan fingerprint density at radius 2 is 2.44 bits per heavy atom. The number of nitrogens with zero attached hydrogens (tertiary/aromatic N) is 1. The summed E-state index contributed by atoms with van der Waals surface area (Å²) in [5.74, 6) is -0.292. The molecule has 1 N–H and O–H groups in total. The molecule has 0 aromatic carbocycles. The number of rotatable bonds is 3. The van der Waals surface area contributed by atoms with E-state index in [0.29, 0.717) is 11.5 Å². The Bertz CT molecular complexity index is 488. The van der Waals surface area contributed by atoms with Crippen LogP contribution in [0.5, 0.6) is 0 Å². The van der Waals surface area contributed by atoms with Gasteiger partial charge in [0, 0.05) is 18.0 Å². The summed E-state index contributed by atoms with van der Waals surface area (Å²) in [4.78, 5) is 19.5. The highest BCUT2D eigenvalue weighted by Crippen LogP contribution is 2.27. The number of H-pyrrole nitrogens is 1. The van der Waals surface area contributed by atoms with E-state index in [-0.39, 0.29) is 5.97 Å². The second-order valence-electron chi connectivity index (χ2n) is 3.25. The molecule has 0 saturated carbocycles. The predicted molar refractivity (Wildman–Crippen MR) is 62.6 cm³/mol. The van der Waals surface area contributed by atoms with Crippen LogP contribution in [0.4, 0.5) is 0 Å². The van der Waals surface area contributed by atoms with E-state index in [1.54, 1.807) is 6.92 Å². The average molecular weight is 236 g/mol. The van der Waals surface area contributed by atoms with Crippen molar-refractivity contribution in [3.8, 4) is 10.6 Å². The molecular weight excluding hydrogens is 224 g/mol. The first kappa shape index (κ1) is 10.9. The van der Waals surface area contributed by atoms with Crippen LogP contribution in [0.3, 0.4) is 0 Å². The second kappa shape index (κ2) is 4.49. The molecule has 2 aromatic rings. The molecule has 0 aliphatic rings. The van der Waals surface area contributed by atoms with Crippen LogP contribution >= 0.6 is 11.3 Å². The fourth-order valence-corrected chi connectivity index (χ4v) is 2.32. The summed E-state index contributed by atoms with van der Waals surface area (Å²) in [6, 6.07) is 1.92. The third-order valence-corrected chi connectivity index (χ3v) is 3.29. The molecule has 5 heteroatoms. The Morgan fingerprint density at radius 3 is 3.06 bits per heavy atom. The lowest BCUT2D eigenvalue weighted by Crippen LogP contribution is -2.03. The molecule has 16 heavy (non-hydrogen) atoms. The number of carbonyl (C=O) groups excluding carboxylic acids is 1. The standard InChI is InChI=1S/C11H12N2O2S/c1-3-15-11(14)9-7(2)13-10(16-9)8-4-5-12-6-8/h4-6,12H,3H2,1-2H3. The van der Waals surface area contributed by atoms with Crippen LogP contribution in [0.25, 0.3) is 10.6 Å². The maximum Gasteiger partial charge on any atom is 0.350 e. The van der Waals surface area contributed by atoms with E-state index in [0.717, 1.165) is 16.3 Å². The van der Waals surface area contributed by atoms with Crippen LogP contribution in [0, 0.1) is 6.92 Å². The SMILES string of the molecule is CCOC(=O)c1sc(-c2cc[nH]c2)nc1C. The smallest absolute Gasteiger partial charge is 0.350 e. The van der Waals surface area contributed by atoms with Gasteiger partial charge in [-0.2, -0.15) is 0 Å². The highest BCUT2D eigenvalue weighted by Gasteiger charge is 2.16. The van der Waals surface area contributed by atoms with Gasteiger partial charge in [0.1, 0.15) is 9.88 Å². The summed E-state index contributed by atoms with van der Waals surface area (Å²) in [6.07, 6.45) is 3.68. The first-order chi connectivity index (χ1) is 7.72. The molecule has 0 unspecified atom stereocenters. The van der Waals surface area contributed by atoms with Gasteiger partial charge in [-0.05, 0) is 19.9 Å². The number of thiazole rings is 1. The molecule has 2 aromatic heterocycles. The van der Waals surface area contributed by atoms with E-state index in [2.05, 4.69) is 9.97 Å². The zero-order valence-electron chi connectivity index (χ0n) is 9.11. The van der Waals surface area contributed by atoms with Gasteiger partial charge in [-0.3, -0.25) is 0 Å². The summed E-state index contributed by atoms with van der Waals surface area (Å²) in [5.41, 5.74) is 1.71. The van der Waals surface area contributed by atoms with Gasteiger partial charge in [0.15, 0.2) is 0 Å². The fraction of sp³-hybridized carbons (Fsp3) is 0.273. The van der Waals surface area contributed by atoms with Crippen molar-refractivity contribution >= 4 is 17.3 Å². The maximum absolute atomic E-state index is 11.6. The lowest BCUT2D eigenvalue weighted by atomic mass is 10.3. The van der Waals surface area contributed by atoms with E-state index in [1.165, 1.54) is 11.3 Å². The van der Waals surface area contributed by atoms with Gasteiger partial charge < -0.3 is 9.72 Å². The van der Waals surface area contributed by atoms with Crippen LogP contribution in [0.1, 0.15) is 22.3 Å². The average Bonchev–Trinajstić information content (AvgIpc) is 2.86. The Kier molecular flexibility index (Phi) is 3.05. The Morgan fingerprint density at radius 1 is 1.62 bits per heavy atom. The summed E-state index contributed by atoms with van der Waals surface area (Å²) < 4.78 is 4.96. The van der Waals surface area contributed by atoms with Gasteiger partial charge in [0.05, 0.1) is 12.3 Å². The van der Waals surface area contributed by atoms with Gasteiger partial charge in [-0.1, -0.05) is 0 Å². The van der Waals surface area contributed by atoms with E-state index >= 15 is 0 Å². The summed E-state index contributed by atoms with van der Waals surface area (Å²) in [6.45, 7) is 4.00. The summed E-state index contributed by atoms with van der Waals surface area (Å²) in [5, 5.41) is 0.835. The third-order valence-electron chi connectivity index (χ3n) is 2.10. The molecule has 0 spiro atoms. The Balaban J connectivity index is 2.32. The van der Waals surface area contributed by atoms with Crippen LogP contribution < -0.4 is 0 Å². The number of esters is 1. The second-order valence-corrected chi connectivity index (χ2v) is 4.25. The lowest BCUT2D eigenvalue weighted by Gasteiger charge is -1.97. The Labute approximate surface area is 97.3 Å². The fourth-order valence-electron chi connectivity index (χ4n) is 1.36. The van der Waals surface area contributed by atoms with E-state index in [9.17, 15) is 4.79 Å². The van der Waals surface area contributed by atoms with E-state index in [1.807, 2.05) is 25.4 Å². The highest BCUT2D eigenvalue weighted by atomic mass is 32.1. The minimum atomic E-state index is -0.292. The molecule has 0 saturated heterocycles. The molecule has 0 fully saturated rings. The van der Waals surface area contributed by atoms with Gasteiger partial charge in [0.2, 0.25) is 0 Å². The zero-order chi connectivity index (χ0) is 11.5. The van der Waals surface area contributed by atoms with Crippen molar-refractivity contribution < 1.29 is 9.53 Å². The van der Waals surface area contributed by atoms with Gasteiger partial charge in [0.25, 0.3) is 0 Å². The highest BCUT2D eigenvalue weighted by molar-refractivity contribution is 7.17. The monoisotopic (exact) mass is 236 g/mol. The molecule has 0 bridgehead atoms. The van der Waals surface area contributed by atoms with Gasteiger partial charge >= 0.3 is 5.97 Å². The van der Waals surface area contributed by atoms with Crippen LogP contribution in [0.2, 0.25) is 0 Å². The number of hydrogen-bond donors (Lipinski definition) is 1. The number of aromatic amines is 1. The Hall–Kier alpha value is -1.62. The summed E-state index contributed by atoms with van der Waals surface area (Å²) >= 11 is 1.36. The largest absolute Gasteiger partial charge is 0.462 e. The van der Waals surface area contributed by atoms with Gasteiger partial charge in [-0.25, -0.2) is 9.78 Å². The molecule has 2 rings (SSSR count). The molecule has 4 nitrogen and oxygen atoms in total. The quantitative estimate of drug-likeness (QED) is 0.833. The minimum absolute atomic E-state index is 0.292. The normalized spacial score (nSPS) is 10.4. The molecule has 0 radical (unpaired) electrons. The van der Waals surface area contributed by atoms with Crippen molar-refractivity contribution in [2.24, 2.45) is 0 Å². The van der Waals surface area contributed by atoms with Crippen molar-refractivity contribution in [3.05, 3.63) is 29.0 Å². The molecule has 2 heterocycles. The van der Waals surface area contributed by atoms with Crippen LogP contribution in [0.15, 0.2) is 18.5 Å². The zero-order valence-corrected chi connectivity index (χ0v) is 9.93. The summed E-state index contributed by atoms with van der Waals surface area (Å²) in [7, 11) is 0. The molecule has 0 amide bonds. The number of aryl methyl sites for hydroxylation is 1. The number of nitrogens with one attached hydrogen (secondary N) is 1. The molecular formula is C11H12N2O2S. The predicted octanol–water partition coefficient (Wildman–Crippen LogP) is 2.62. The number of hydrogen-bond acceptors (Lipinski definition) is 4. The molecule has 0 atom stereocenters.